The van der Waals surface area contributed by atoms with Gasteiger partial charge in [0.15, 0.2) is 5.78 Å². The van der Waals surface area contributed by atoms with Crippen LogP contribution in [-0.2, 0) is 0 Å². The minimum Gasteiger partial charge on any atom is -0.533 e. The molecule has 0 N–H and O–H groups in total. The zero-order valence-corrected chi connectivity index (χ0v) is 17.4. The van der Waals surface area contributed by atoms with Crippen molar-refractivity contribution < 1.29 is 9.22 Å². The molecule has 2 nitrogen and oxygen atoms in total. The molecule has 138 valence electrons. The van der Waals surface area contributed by atoms with E-state index in [2.05, 4.69) is 69.3 Å². The van der Waals surface area contributed by atoms with E-state index in [1.807, 2.05) is 36.4 Å². The lowest BCUT2D eigenvalue weighted by molar-refractivity contribution is 0.101. The number of benzene rings is 3. The molecular formula is C24H26O2Si. The summed E-state index contributed by atoms with van der Waals surface area (Å²) in [7, 11) is -2.72. The van der Waals surface area contributed by atoms with E-state index in [0.29, 0.717) is 11.3 Å². The van der Waals surface area contributed by atoms with E-state index in [0.717, 1.165) is 0 Å². The first-order valence-electron chi connectivity index (χ1n) is 9.26. The first kappa shape index (κ1) is 19.1. The van der Waals surface area contributed by atoms with Crippen molar-refractivity contribution in [1.82, 2.24) is 0 Å². The highest BCUT2D eigenvalue weighted by Gasteiger charge is 2.52. The molecule has 0 bridgehead atoms. The molecular weight excluding hydrogens is 348 g/mol. The quantitative estimate of drug-likeness (QED) is 0.472. The Morgan fingerprint density at radius 1 is 0.741 bits per heavy atom. The van der Waals surface area contributed by atoms with Gasteiger partial charge in [-0.25, -0.2) is 0 Å². The molecule has 0 radical (unpaired) electrons. The van der Waals surface area contributed by atoms with Gasteiger partial charge in [0.25, 0.3) is 0 Å². The van der Waals surface area contributed by atoms with E-state index in [1.54, 1.807) is 6.92 Å². The van der Waals surface area contributed by atoms with Gasteiger partial charge in [-0.2, -0.15) is 0 Å². The Morgan fingerprint density at radius 2 is 1.19 bits per heavy atom. The summed E-state index contributed by atoms with van der Waals surface area (Å²) in [5.41, 5.74) is 0.630. The maximum atomic E-state index is 12.2. The van der Waals surface area contributed by atoms with Crippen molar-refractivity contribution >= 4 is 24.5 Å². The summed E-state index contributed by atoms with van der Waals surface area (Å²) in [6.45, 7) is 8.29. The van der Waals surface area contributed by atoms with Crippen LogP contribution in [0.5, 0.6) is 5.75 Å². The van der Waals surface area contributed by atoms with Gasteiger partial charge in [-0.15, -0.1) is 0 Å². The number of Topliss-reactive ketones (excluding diaryl/α,β-unsaturated/α-hetero) is 1. The van der Waals surface area contributed by atoms with E-state index in [1.165, 1.54) is 10.4 Å². The fourth-order valence-electron chi connectivity index (χ4n) is 3.66. The average molecular weight is 375 g/mol. The molecule has 0 aliphatic rings. The number of hydrogen-bond donors (Lipinski definition) is 0. The highest BCUT2D eigenvalue weighted by molar-refractivity contribution is 7.00. The maximum absolute atomic E-state index is 12.2. The molecule has 0 unspecified atom stereocenters. The molecule has 0 spiro atoms. The van der Waals surface area contributed by atoms with Crippen LogP contribution in [0.2, 0.25) is 5.04 Å². The molecule has 3 heteroatoms. The second kappa shape index (κ2) is 7.53. The van der Waals surface area contributed by atoms with Crippen LogP contribution in [0.1, 0.15) is 38.1 Å². The smallest absolute Gasteiger partial charge is 0.319 e. The fourth-order valence-corrected chi connectivity index (χ4v) is 8.10. The Morgan fingerprint density at radius 3 is 1.63 bits per heavy atom. The normalized spacial score (nSPS) is 11.9. The summed E-state index contributed by atoms with van der Waals surface area (Å²) >= 11 is 0. The van der Waals surface area contributed by atoms with Crippen LogP contribution in [0, 0.1) is 0 Å². The van der Waals surface area contributed by atoms with Crippen LogP contribution in [0.4, 0.5) is 0 Å². The van der Waals surface area contributed by atoms with Gasteiger partial charge in [-0.3, -0.25) is 4.79 Å². The van der Waals surface area contributed by atoms with Crippen LogP contribution in [0.3, 0.4) is 0 Å². The molecule has 3 aromatic carbocycles. The monoisotopic (exact) mass is 374 g/mol. The lowest BCUT2D eigenvalue weighted by atomic mass is 10.1. The van der Waals surface area contributed by atoms with Crippen LogP contribution in [0.25, 0.3) is 0 Å². The molecule has 0 saturated carbocycles. The highest BCUT2D eigenvalue weighted by Crippen LogP contribution is 2.38. The maximum Gasteiger partial charge on any atom is 0.319 e. The lowest BCUT2D eigenvalue weighted by Crippen LogP contribution is -2.68. The second-order valence-corrected chi connectivity index (χ2v) is 12.0. The third-order valence-electron chi connectivity index (χ3n) is 4.95. The Kier molecular flexibility index (Phi) is 5.33. The predicted octanol–water partition coefficient (Wildman–Crippen LogP) is 4.83. The predicted molar refractivity (Wildman–Crippen MR) is 115 cm³/mol. The fraction of sp³-hybridized carbons (Fsp3) is 0.208. The van der Waals surface area contributed by atoms with Gasteiger partial charge in [-0.1, -0.05) is 93.6 Å². The van der Waals surface area contributed by atoms with Crippen molar-refractivity contribution in [2.75, 3.05) is 0 Å². The van der Waals surface area contributed by atoms with E-state index < -0.39 is 8.32 Å². The summed E-state index contributed by atoms with van der Waals surface area (Å²) in [4.78, 5) is 12.2. The van der Waals surface area contributed by atoms with Crippen molar-refractivity contribution in [1.29, 1.82) is 0 Å². The first-order valence-corrected chi connectivity index (χ1v) is 11.2. The Hall–Kier alpha value is -2.65. The molecule has 0 amide bonds. The van der Waals surface area contributed by atoms with Crippen molar-refractivity contribution in [2.24, 2.45) is 0 Å². The van der Waals surface area contributed by atoms with Crippen LogP contribution >= 0.6 is 0 Å². The van der Waals surface area contributed by atoms with E-state index in [9.17, 15) is 4.79 Å². The number of hydrogen-bond acceptors (Lipinski definition) is 2. The third-order valence-corrected chi connectivity index (χ3v) is 9.88. The molecule has 27 heavy (non-hydrogen) atoms. The van der Waals surface area contributed by atoms with Crippen molar-refractivity contribution in [3.63, 3.8) is 0 Å². The Bertz CT molecular complexity index is 872. The van der Waals surface area contributed by atoms with E-state index >= 15 is 0 Å². The number of carbonyl (C=O) groups excluding carboxylic acids is 1. The first-order chi connectivity index (χ1) is 12.9. The number of para-hydroxylation sites is 1. The zero-order valence-electron chi connectivity index (χ0n) is 16.4. The molecule has 0 atom stereocenters. The minimum atomic E-state index is -2.72. The average Bonchev–Trinajstić information content (AvgIpc) is 2.66. The number of carbonyl (C=O) groups is 1. The largest absolute Gasteiger partial charge is 0.533 e. The third kappa shape index (κ3) is 3.60. The summed E-state index contributed by atoms with van der Waals surface area (Å²) in [5.74, 6) is 0.683. The van der Waals surface area contributed by atoms with Gasteiger partial charge in [0.05, 0.1) is 5.56 Å². The van der Waals surface area contributed by atoms with Crippen molar-refractivity contribution in [3.8, 4) is 5.75 Å². The van der Waals surface area contributed by atoms with Gasteiger partial charge < -0.3 is 4.43 Å². The lowest BCUT2D eigenvalue weighted by Gasteiger charge is -2.43. The SMILES string of the molecule is CC(=O)c1ccccc1O[Si](c1ccccc1)(c1ccccc1)C(C)(C)C. The molecule has 0 aromatic heterocycles. The Balaban J connectivity index is 2.30. The van der Waals surface area contributed by atoms with E-state index in [-0.39, 0.29) is 10.8 Å². The standard InChI is InChI=1S/C24H26O2Si/c1-19(25)22-17-11-12-18-23(22)26-27(24(2,3)4,20-13-7-5-8-14-20)21-15-9-6-10-16-21/h5-18H,1-4H3. The minimum absolute atomic E-state index is 0.0172. The topological polar surface area (TPSA) is 26.3 Å². The molecule has 0 aliphatic heterocycles. The molecule has 3 aromatic rings. The number of ketones is 1. The number of rotatable bonds is 5. The summed E-state index contributed by atoms with van der Waals surface area (Å²) in [6.07, 6.45) is 0. The van der Waals surface area contributed by atoms with Gasteiger partial charge in [0, 0.05) is 0 Å². The van der Waals surface area contributed by atoms with E-state index in [4.69, 9.17) is 4.43 Å². The molecule has 0 aliphatic carbocycles. The highest BCUT2D eigenvalue weighted by atomic mass is 28.4. The zero-order chi connectivity index (χ0) is 19.5. The van der Waals surface area contributed by atoms with Crippen molar-refractivity contribution in [2.45, 2.75) is 32.7 Å². The summed E-state index contributed by atoms with van der Waals surface area (Å²) in [5, 5.41) is 2.25. The summed E-state index contributed by atoms with van der Waals surface area (Å²) in [6, 6.07) is 28.5. The molecule has 0 saturated heterocycles. The van der Waals surface area contributed by atoms with Gasteiger partial charge in [0.1, 0.15) is 5.75 Å². The molecule has 0 fully saturated rings. The second-order valence-electron chi connectivity index (χ2n) is 7.82. The molecule has 0 heterocycles. The Labute approximate surface area is 163 Å². The van der Waals surface area contributed by atoms with Gasteiger partial charge in [0.2, 0.25) is 0 Å². The summed E-state index contributed by atoms with van der Waals surface area (Å²) < 4.78 is 6.95. The van der Waals surface area contributed by atoms with Crippen LogP contribution < -0.4 is 14.8 Å². The van der Waals surface area contributed by atoms with Crippen LogP contribution in [-0.4, -0.2) is 14.1 Å². The van der Waals surface area contributed by atoms with Crippen molar-refractivity contribution in [3.05, 3.63) is 90.5 Å². The van der Waals surface area contributed by atoms with Gasteiger partial charge >= 0.3 is 8.32 Å². The molecule has 3 rings (SSSR count). The van der Waals surface area contributed by atoms with Crippen LogP contribution in [0.15, 0.2) is 84.9 Å². The van der Waals surface area contributed by atoms with Gasteiger partial charge in [-0.05, 0) is 34.5 Å².